The lowest BCUT2D eigenvalue weighted by Crippen LogP contribution is -2.54. The number of nitrogens with two attached hydrogens (primary N) is 1. The van der Waals surface area contributed by atoms with Gasteiger partial charge in [0.05, 0.1) is 5.75 Å². The van der Waals surface area contributed by atoms with Gasteiger partial charge in [-0.2, -0.15) is 0 Å². The minimum Gasteiger partial charge on any atom is -0.329 e. The monoisotopic (exact) mass is 274 g/mol. The molecule has 0 aromatic heterocycles. The van der Waals surface area contributed by atoms with Crippen molar-refractivity contribution in [2.24, 2.45) is 17.6 Å². The van der Waals surface area contributed by atoms with Crippen molar-refractivity contribution >= 4 is 10.0 Å². The minimum absolute atomic E-state index is 0.287. The highest BCUT2D eigenvalue weighted by Gasteiger charge is 2.43. The lowest BCUT2D eigenvalue weighted by molar-refractivity contribution is 0.360. The third-order valence-corrected chi connectivity index (χ3v) is 6.16. The normalized spacial score (nSPS) is 25.9. The molecular formula is C13H26N2O2S. The zero-order chi connectivity index (χ0) is 13.2. The summed E-state index contributed by atoms with van der Waals surface area (Å²) in [7, 11) is -3.19. The Morgan fingerprint density at radius 3 is 2.28 bits per heavy atom. The molecule has 0 aromatic carbocycles. The molecule has 0 spiro atoms. The molecule has 3 N–H and O–H groups in total. The Morgan fingerprint density at radius 2 is 1.78 bits per heavy atom. The quantitative estimate of drug-likeness (QED) is 0.773. The van der Waals surface area contributed by atoms with Crippen LogP contribution in [-0.4, -0.2) is 26.3 Å². The van der Waals surface area contributed by atoms with Crippen LogP contribution in [0.15, 0.2) is 0 Å². The average molecular weight is 274 g/mol. The van der Waals surface area contributed by atoms with E-state index >= 15 is 0 Å². The lowest BCUT2D eigenvalue weighted by atomic mass is 9.91. The summed E-state index contributed by atoms with van der Waals surface area (Å²) < 4.78 is 27.4. The topological polar surface area (TPSA) is 72.2 Å². The van der Waals surface area contributed by atoms with Gasteiger partial charge < -0.3 is 5.73 Å². The molecule has 106 valence electrons. The second kappa shape index (κ2) is 5.47. The van der Waals surface area contributed by atoms with Gasteiger partial charge in [0.2, 0.25) is 10.0 Å². The first-order chi connectivity index (χ1) is 8.45. The van der Waals surface area contributed by atoms with Gasteiger partial charge in [-0.1, -0.05) is 19.3 Å². The predicted molar refractivity (Wildman–Crippen MR) is 73.7 cm³/mol. The number of hydrogen-bond acceptors (Lipinski definition) is 3. The zero-order valence-electron chi connectivity index (χ0n) is 11.3. The summed E-state index contributed by atoms with van der Waals surface area (Å²) in [5.74, 6) is 1.07. The zero-order valence-corrected chi connectivity index (χ0v) is 12.1. The second-order valence-electron chi connectivity index (χ2n) is 6.28. The molecule has 2 aliphatic carbocycles. The van der Waals surface area contributed by atoms with Crippen molar-refractivity contribution in [2.45, 2.75) is 57.4 Å². The van der Waals surface area contributed by atoms with E-state index < -0.39 is 15.6 Å². The first-order valence-corrected chi connectivity index (χ1v) is 8.82. The number of sulfonamides is 1. The van der Waals surface area contributed by atoms with E-state index in [0.717, 1.165) is 25.7 Å². The van der Waals surface area contributed by atoms with Crippen LogP contribution in [0.5, 0.6) is 0 Å². The van der Waals surface area contributed by atoms with Gasteiger partial charge in [0.1, 0.15) is 0 Å². The summed E-state index contributed by atoms with van der Waals surface area (Å²) in [6.45, 7) is 2.34. The maximum atomic E-state index is 12.2. The van der Waals surface area contributed by atoms with Crippen molar-refractivity contribution in [3.63, 3.8) is 0 Å². The molecule has 0 bridgehead atoms. The highest BCUT2D eigenvalue weighted by atomic mass is 32.2. The van der Waals surface area contributed by atoms with Crippen LogP contribution in [0.25, 0.3) is 0 Å². The number of nitrogens with one attached hydrogen (secondary N) is 1. The Labute approximate surface area is 111 Å². The van der Waals surface area contributed by atoms with E-state index in [1.807, 2.05) is 6.92 Å². The van der Waals surface area contributed by atoms with Gasteiger partial charge in [0.15, 0.2) is 0 Å². The molecule has 0 aliphatic heterocycles. The average Bonchev–Trinajstić information content (AvgIpc) is 3.13. The van der Waals surface area contributed by atoms with Crippen molar-refractivity contribution in [1.82, 2.24) is 4.72 Å². The van der Waals surface area contributed by atoms with Crippen LogP contribution in [0, 0.1) is 11.8 Å². The fourth-order valence-electron chi connectivity index (χ4n) is 3.07. The van der Waals surface area contributed by atoms with E-state index in [1.165, 1.54) is 19.3 Å². The molecule has 0 aromatic rings. The maximum absolute atomic E-state index is 12.2. The van der Waals surface area contributed by atoms with E-state index in [-0.39, 0.29) is 5.75 Å². The molecule has 2 aliphatic rings. The van der Waals surface area contributed by atoms with Crippen molar-refractivity contribution in [3.8, 4) is 0 Å². The number of hydrogen-bond donors (Lipinski definition) is 2. The Morgan fingerprint density at radius 1 is 1.17 bits per heavy atom. The lowest BCUT2D eigenvalue weighted by Gasteiger charge is -2.30. The van der Waals surface area contributed by atoms with Crippen LogP contribution in [0.3, 0.4) is 0 Å². The minimum atomic E-state index is -3.19. The van der Waals surface area contributed by atoms with Crippen LogP contribution < -0.4 is 10.5 Å². The van der Waals surface area contributed by atoms with Crippen LogP contribution in [0.1, 0.15) is 51.9 Å². The summed E-state index contributed by atoms with van der Waals surface area (Å²) in [6, 6.07) is 0. The summed E-state index contributed by atoms with van der Waals surface area (Å²) in [4.78, 5) is 0. The largest absolute Gasteiger partial charge is 0.329 e. The van der Waals surface area contributed by atoms with Crippen molar-refractivity contribution in [1.29, 1.82) is 0 Å². The molecule has 0 amide bonds. The molecule has 4 nitrogen and oxygen atoms in total. The van der Waals surface area contributed by atoms with E-state index in [0.29, 0.717) is 18.4 Å². The molecule has 0 radical (unpaired) electrons. The van der Waals surface area contributed by atoms with Gasteiger partial charge in [-0.15, -0.1) is 0 Å². The Balaban J connectivity index is 1.93. The number of rotatable bonds is 6. The summed E-state index contributed by atoms with van der Waals surface area (Å²) in [6.07, 6.45) is 7.92. The van der Waals surface area contributed by atoms with Crippen LogP contribution in [0.4, 0.5) is 0 Å². The van der Waals surface area contributed by atoms with Crippen molar-refractivity contribution < 1.29 is 8.42 Å². The SMILES string of the molecule is CC(CN)(NS(=O)(=O)CC1CCCCC1)C1CC1. The molecule has 5 heteroatoms. The molecule has 1 unspecified atom stereocenters. The van der Waals surface area contributed by atoms with Gasteiger partial charge in [0, 0.05) is 12.1 Å². The maximum Gasteiger partial charge on any atom is 0.212 e. The third kappa shape index (κ3) is 3.68. The Kier molecular flexibility index (Phi) is 4.34. The van der Waals surface area contributed by atoms with Gasteiger partial charge in [-0.05, 0) is 44.4 Å². The molecule has 0 saturated heterocycles. The smallest absolute Gasteiger partial charge is 0.212 e. The highest BCUT2D eigenvalue weighted by Crippen LogP contribution is 2.39. The molecule has 2 rings (SSSR count). The summed E-state index contributed by atoms with van der Waals surface area (Å²) >= 11 is 0. The first-order valence-electron chi connectivity index (χ1n) is 7.17. The van der Waals surface area contributed by atoms with E-state index in [4.69, 9.17) is 5.73 Å². The third-order valence-electron chi connectivity index (χ3n) is 4.47. The Bertz CT molecular complexity index is 372. The fourth-order valence-corrected chi connectivity index (χ4v) is 5.07. The molecular weight excluding hydrogens is 248 g/mol. The van der Waals surface area contributed by atoms with Crippen LogP contribution >= 0.6 is 0 Å². The molecule has 1 atom stereocenters. The molecule has 2 fully saturated rings. The van der Waals surface area contributed by atoms with Gasteiger partial charge >= 0.3 is 0 Å². The standard InChI is InChI=1S/C13H26N2O2S/c1-13(10-14,12-7-8-12)15-18(16,17)9-11-5-3-2-4-6-11/h11-12,15H,2-10,14H2,1H3. The fraction of sp³-hybridized carbons (Fsp3) is 1.00. The van der Waals surface area contributed by atoms with Crippen LogP contribution in [-0.2, 0) is 10.0 Å². The summed E-state index contributed by atoms with van der Waals surface area (Å²) in [5, 5.41) is 0. The molecule has 18 heavy (non-hydrogen) atoms. The van der Waals surface area contributed by atoms with Gasteiger partial charge in [0.25, 0.3) is 0 Å². The van der Waals surface area contributed by atoms with E-state index in [2.05, 4.69) is 4.72 Å². The van der Waals surface area contributed by atoms with Gasteiger partial charge in [-0.3, -0.25) is 0 Å². The predicted octanol–water partition coefficient (Wildman–Crippen LogP) is 1.61. The van der Waals surface area contributed by atoms with E-state index in [9.17, 15) is 8.42 Å². The van der Waals surface area contributed by atoms with Crippen molar-refractivity contribution in [3.05, 3.63) is 0 Å². The first kappa shape index (κ1) is 14.3. The molecule has 2 saturated carbocycles. The Hall–Kier alpha value is -0.130. The van der Waals surface area contributed by atoms with Crippen LogP contribution in [0.2, 0.25) is 0 Å². The van der Waals surface area contributed by atoms with E-state index in [1.54, 1.807) is 0 Å². The second-order valence-corrected chi connectivity index (χ2v) is 8.05. The summed E-state index contributed by atoms with van der Waals surface area (Å²) in [5.41, 5.74) is 5.34. The van der Waals surface area contributed by atoms with Gasteiger partial charge in [-0.25, -0.2) is 13.1 Å². The molecule has 0 heterocycles. The van der Waals surface area contributed by atoms with Crippen molar-refractivity contribution in [2.75, 3.05) is 12.3 Å². The highest BCUT2D eigenvalue weighted by molar-refractivity contribution is 7.89.